The summed E-state index contributed by atoms with van der Waals surface area (Å²) in [4.78, 5) is 12.1. The van der Waals surface area contributed by atoms with Gasteiger partial charge in [-0.25, -0.2) is 0 Å². The third-order valence-electron chi connectivity index (χ3n) is 9.13. The molecule has 1 saturated heterocycles. The largest absolute Gasteiger partial charge is 0.465 e. The van der Waals surface area contributed by atoms with E-state index in [2.05, 4.69) is 24.2 Å². The minimum Gasteiger partial charge on any atom is -0.465 e. The Bertz CT molecular complexity index is 1540. The molecule has 220 valence electrons. The number of carbonyl (C=O) groups is 1. The molecular weight excluding hydrogens is 546 g/mol. The van der Waals surface area contributed by atoms with Crippen molar-refractivity contribution in [2.45, 2.75) is 57.3 Å². The van der Waals surface area contributed by atoms with Crippen LogP contribution in [0.1, 0.15) is 49.9 Å². The van der Waals surface area contributed by atoms with Gasteiger partial charge >= 0.3 is 16.2 Å². The number of fused-ring (bicyclic) bond motifs is 3. The molecule has 0 amide bonds. The van der Waals surface area contributed by atoms with Gasteiger partial charge in [0.05, 0.1) is 37.4 Å². The highest BCUT2D eigenvalue weighted by Gasteiger charge is 2.61. The molecule has 3 atom stereocenters. The van der Waals surface area contributed by atoms with Crippen molar-refractivity contribution in [2.75, 3.05) is 33.9 Å². The molecule has 41 heavy (non-hydrogen) atoms. The zero-order valence-electron chi connectivity index (χ0n) is 23.9. The summed E-state index contributed by atoms with van der Waals surface area (Å²) in [5.41, 5.74) is 3.32. The monoisotopic (exact) mass is 583 g/mol. The van der Waals surface area contributed by atoms with E-state index < -0.39 is 27.4 Å². The average molecular weight is 584 g/mol. The van der Waals surface area contributed by atoms with Crippen LogP contribution in [0.4, 0.5) is 0 Å². The van der Waals surface area contributed by atoms with Gasteiger partial charge in [-0.05, 0) is 37.7 Å². The van der Waals surface area contributed by atoms with Crippen LogP contribution in [0.3, 0.4) is 0 Å². The van der Waals surface area contributed by atoms with E-state index in [9.17, 15) is 13.2 Å². The van der Waals surface area contributed by atoms with Gasteiger partial charge in [-0.3, -0.25) is 9.48 Å². The number of benzene rings is 1. The van der Waals surface area contributed by atoms with E-state index in [1.165, 1.54) is 23.1 Å². The summed E-state index contributed by atoms with van der Waals surface area (Å²) in [6, 6.07) is 10.3. The van der Waals surface area contributed by atoms with Crippen LogP contribution >= 0.6 is 0 Å². The number of hydrogen-bond donors (Lipinski definition) is 0. The minimum atomic E-state index is -3.99. The van der Waals surface area contributed by atoms with Crippen molar-refractivity contribution in [3.63, 3.8) is 0 Å². The molecule has 6 rings (SSSR count). The van der Waals surface area contributed by atoms with E-state index in [0.29, 0.717) is 43.7 Å². The first-order valence-corrected chi connectivity index (χ1v) is 15.6. The van der Waals surface area contributed by atoms with Crippen molar-refractivity contribution in [1.82, 2.24) is 23.3 Å². The lowest BCUT2D eigenvalue weighted by Gasteiger charge is -2.55. The summed E-state index contributed by atoms with van der Waals surface area (Å²) in [5.74, 6) is -0.853. The van der Waals surface area contributed by atoms with Gasteiger partial charge in [-0.2, -0.15) is 22.9 Å². The molecule has 0 N–H and O–H groups in total. The van der Waals surface area contributed by atoms with E-state index in [4.69, 9.17) is 19.3 Å². The number of nitrogens with zero attached hydrogens (tertiary/aromatic N) is 5. The fraction of sp³-hybridized carbons (Fsp3) is 0.552. The highest BCUT2D eigenvalue weighted by Crippen LogP contribution is 2.60. The Morgan fingerprint density at radius 2 is 1.90 bits per heavy atom. The Kier molecular flexibility index (Phi) is 7.08. The van der Waals surface area contributed by atoms with Gasteiger partial charge in [0.1, 0.15) is 6.54 Å². The van der Waals surface area contributed by atoms with Crippen LogP contribution in [0.5, 0.6) is 0 Å². The average Bonchev–Trinajstić information content (AvgIpc) is 3.70. The van der Waals surface area contributed by atoms with Crippen LogP contribution in [0.15, 0.2) is 42.7 Å². The topological polar surface area (TPSA) is 118 Å². The standard InChI is InChI=1S/C29H37N5O6S/c1-5-38-25(35)19-33-18-21(17-30-33)26-23-11-12-24-20(2)29(39-15-16-40-29)14-13-28(24,22-9-7-6-8-10-22)27(23)31-34(26)41(36,37)32(3)4/h6-10,17-18,20,24H,5,11-16,19H2,1-4H3/t20-,24-,28+/m0/s1. The molecule has 3 heterocycles. The van der Waals surface area contributed by atoms with Crippen LogP contribution < -0.4 is 0 Å². The molecule has 3 aromatic rings. The molecule has 2 aliphatic carbocycles. The first-order chi connectivity index (χ1) is 19.6. The Labute approximate surface area is 240 Å². The van der Waals surface area contributed by atoms with Crippen molar-refractivity contribution in [3.05, 3.63) is 59.5 Å². The molecule has 0 radical (unpaired) electrons. The van der Waals surface area contributed by atoms with Crippen LogP contribution in [0.2, 0.25) is 0 Å². The van der Waals surface area contributed by atoms with Crippen molar-refractivity contribution in [1.29, 1.82) is 0 Å². The molecule has 3 aliphatic rings. The lowest BCUT2D eigenvalue weighted by atomic mass is 9.52. The van der Waals surface area contributed by atoms with Crippen molar-refractivity contribution < 1.29 is 27.4 Å². The molecule has 1 spiro atoms. The zero-order chi connectivity index (χ0) is 29.0. The van der Waals surface area contributed by atoms with Crippen LogP contribution in [-0.2, 0) is 47.6 Å². The van der Waals surface area contributed by atoms with Gasteiger partial charge < -0.3 is 14.2 Å². The molecule has 2 aromatic heterocycles. The second kappa shape index (κ2) is 10.3. The van der Waals surface area contributed by atoms with Gasteiger partial charge in [-0.1, -0.05) is 37.3 Å². The van der Waals surface area contributed by atoms with Gasteiger partial charge in [-0.15, -0.1) is 4.09 Å². The quantitative estimate of drug-likeness (QED) is 0.390. The molecule has 11 nitrogen and oxygen atoms in total. The number of carbonyl (C=O) groups excluding carboxylic acids is 1. The first-order valence-electron chi connectivity index (χ1n) is 14.2. The number of rotatable bonds is 7. The Balaban J connectivity index is 1.55. The molecular formula is C29H37N5O6S. The van der Waals surface area contributed by atoms with Crippen LogP contribution in [-0.4, -0.2) is 77.4 Å². The fourth-order valence-corrected chi connectivity index (χ4v) is 8.20. The van der Waals surface area contributed by atoms with Crippen molar-refractivity contribution >= 4 is 16.2 Å². The maximum atomic E-state index is 13.8. The van der Waals surface area contributed by atoms with E-state index in [1.54, 1.807) is 19.3 Å². The molecule has 0 bridgehead atoms. The molecule has 1 saturated carbocycles. The molecule has 0 unspecified atom stereocenters. The van der Waals surface area contributed by atoms with Crippen molar-refractivity contribution in [2.24, 2.45) is 11.8 Å². The predicted octanol–water partition coefficient (Wildman–Crippen LogP) is 2.99. The molecule has 1 aliphatic heterocycles. The summed E-state index contributed by atoms with van der Waals surface area (Å²) < 4.78 is 48.9. The van der Waals surface area contributed by atoms with Crippen molar-refractivity contribution in [3.8, 4) is 11.3 Å². The highest BCUT2D eigenvalue weighted by molar-refractivity contribution is 7.87. The fourth-order valence-electron chi connectivity index (χ4n) is 7.26. The van der Waals surface area contributed by atoms with Crippen LogP contribution in [0, 0.1) is 11.8 Å². The maximum Gasteiger partial charge on any atom is 0.327 e. The van der Waals surface area contributed by atoms with E-state index in [1.807, 2.05) is 18.2 Å². The normalized spacial score (nSPS) is 25.3. The lowest BCUT2D eigenvalue weighted by molar-refractivity contribution is -0.232. The summed E-state index contributed by atoms with van der Waals surface area (Å²) in [6.07, 6.45) is 6.12. The Morgan fingerprint density at radius 1 is 1.17 bits per heavy atom. The summed E-state index contributed by atoms with van der Waals surface area (Å²) in [5, 5.41) is 9.34. The first kappa shape index (κ1) is 28.1. The van der Waals surface area contributed by atoms with E-state index in [0.717, 1.165) is 27.3 Å². The smallest absolute Gasteiger partial charge is 0.327 e. The van der Waals surface area contributed by atoms with Gasteiger partial charge in [0.2, 0.25) is 0 Å². The summed E-state index contributed by atoms with van der Waals surface area (Å²) in [7, 11) is -0.992. The third-order valence-corrected chi connectivity index (χ3v) is 10.8. The number of hydrogen-bond acceptors (Lipinski definition) is 8. The zero-order valence-corrected chi connectivity index (χ0v) is 24.8. The van der Waals surface area contributed by atoms with Gasteiger partial charge in [0, 0.05) is 49.2 Å². The van der Waals surface area contributed by atoms with Crippen LogP contribution in [0.25, 0.3) is 11.3 Å². The lowest BCUT2D eigenvalue weighted by Crippen LogP contribution is -2.56. The second-order valence-corrected chi connectivity index (χ2v) is 13.3. The third kappa shape index (κ3) is 4.34. The highest BCUT2D eigenvalue weighted by atomic mass is 32.2. The summed E-state index contributed by atoms with van der Waals surface area (Å²) in [6.45, 7) is 5.31. The predicted molar refractivity (Wildman–Crippen MR) is 150 cm³/mol. The van der Waals surface area contributed by atoms with E-state index in [-0.39, 0.29) is 25.0 Å². The Hall–Kier alpha value is -3.06. The maximum absolute atomic E-state index is 13.8. The molecule has 1 aromatic carbocycles. The minimum absolute atomic E-state index is 0.0680. The van der Waals surface area contributed by atoms with E-state index >= 15 is 0 Å². The van der Waals surface area contributed by atoms with Gasteiger partial charge in [0.15, 0.2) is 5.79 Å². The number of esters is 1. The second-order valence-electron chi connectivity index (χ2n) is 11.3. The number of ether oxygens (including phenoxy) is 3. The molecule has 2 fully saturated rings. The summed E-state index contributed by atoms with van der Waals surface area (Å²) >= 11 is 0. The van der Waals surface area contributed by atoms with Gasteiger partial charge in [0.25, 0.3) is 0 Å². The number of aromatic nitrogens is 4. The molecule has 12 heteroatoms. The SMILES string of the molecule is CCOC(=O)Cn1cc(-c2c3c(nn2S(=O)(=O)N(C)C)[C@@]2(c4ccccc4)CCC4(OCCO4)[C@@H](C)[C@@H]2CC3)cn1. The Morgan fingerprint density at radius 3 is 2.59 bits per heavy atom.